The maximum atomic E-state index is 13.3. The van der Waals surface area contributed by atoms with Crippen molar-refractivity contribution in [2.45, 2.75) is 19.3 Å². The van der Waals surface area contributed by atoms with Crippen LogP contribution in [0.4, 0.5) is 14.5 Å². The molecule has 1 saturated heterocycles. The van der Waals surface area contributed by atoms with E-state index < -0.39 is 11.6 Å². The van der Waals surface area contributed by atoms with Crippen LogP contribution in [0.15, 0.2) is 18.2 Å². The zero-order valence-corrected chi connectivity index (χ0v) is 10.1. The van der Waals surface area contributed by atoms with Gasteiger partial charge in [-0.3, -0.25) is 4.79 Å². The first kappa shape index (κ1) is 12.8. The lowest BCUT2D eigenvalue weighted by Gasteiger charge is -2.26. The summed E-state index contributed by atoms with van der Waals surface area (Å²) in [5, 5.41) is 2.54. The van der Waals surface area contributed by atoms with Crippen molar-refractivity contribution < 1.29 is 13.6 Å². The molecule has 0 aliphatic carbocycles. The molecule has 1 fully saturated rings. The van der Waals surface area contributed by atoms with Gasteiger partial charge in [-0.2, -0.15) is 0 Å². The molecule has 0 saturated carbocycles. The van der Waals surface area contributed by atoms with Gasteiger partial charge in [0.25, 0.3) is 0 Å². The molecule has 1 heterocycles. The first-order chi connectivity index (χ1) is 8.68. The summed E-state index contributed by atoms with van der Waals surface area (Å²) >= 11 is 0. The highest BCUT2D eigenvalue weighted by atomic mass is 19.1. The van der Waals surface area contributed by atoms with Crippen LogP contribution in [0.3, 0.4) is 0 Å². The molecule has 0 bridgehead atoms. The fourth-order valence-corrected chi connectivity index (χ4v) is 2.09. The maximum absolute atomic E-state index is 13.3. The number of likely N-dealkylation sites (tertiary alicyclic amines) is 1. The van der Waals surface area contributed by atoms with E-state index in [2.05, 4.69) is 5.32 Å². The van der Waals surface area contributed by atoms with Crippen molar-refractivity contribution in [1.82, 2.24) is 4.90 Å². The van der Waals surface area contributed by atoms with Gasteiger partial charge >= 0.3 is 0 Å². The van der Waals surface area contributed by atoms with Gasteiger partial charge in [-0.1, -0.05) is 6.07 Å². The first-order valence-electron chi connectivity index (χ1n) is 6.14. The fraction of sp³-hybridized carbons (Fsp3) is 0.462. The third kappa shape index (κ3) is 2.97. The van der Waals surface area contributed by atoms with Crippen LogP contribution < -0.4 is 5.32 Å². The van der Waals surface area contributed by atoms with E-state index in [0.717, 1.165) is 44.5 Å². The van der Waals surface area contributed by atoms with E-state index in [1.54, 1.807) is 4.90 Å². The predicted molar refractivity (Wildman–Crippen MR) is 65.3 cm³/mol. The Bertz CT molecular complexity index is 411. The minimum Gasteiger partial charge on any atom is -0.371 e. The van der Waals surface area contributed by atoms with Gasteiger partial charge in [0.05, 0.1) is 6.54 Å². The van der Waals surface area contributed by atoms with Gasteiger partial charge in [-0.25, -0.2) is 8.78 Å². The second-order valence-corrected chi connectivity index (χ2v) is 4.39. The number of hydrogen-bond donors (Lipinski definition) is 1. The molecule has 98 valence electrons. The summed E-state index contributed by atoms with van der Waals surface area (Å²) in [4.78, 5) is 13.5. The number of hydrogen-bond acceptors (Lipinski definition) is 2. The molecule has 2 rings (SSSR count). The lowest BCUT2D eigenvalue weighted by molar-refractivity contribution is -0.130. The highest BCUT2D eigenvalue weighted by Gasteiger charge is 2.17. The van der Waals surface area contributed by atoms with E-state index in [-0.39, 0.29) is 18.1 Å². The Labute approximate surface area is 105 Å². The molecule has 1 N–H and O–H groups in total. The largest absolute Gasteiger partial charge is 0.371 e. The monoisotopic (exact) mass is 254 g/mol. The van der Waals surface area contributed by atoms with Crippen molar-refractivity contribution in [3.05, 3.63) is 29.8 Å². The van der Waals surface area contributed by atoms with Crippen LogP contribution in [0, 0.1) is 11.6 Å². The van der Waals surface area contributed by atoms with Gasteiger partial charge in [-0.05, 0) is 31.4 Å². The molecule has 3 nitrogen and oxygen atoms in total. The lowest BCUT2D eigenvalue weighted by atomic mass is 10.1. The van der Waals surface area contributed by atoms with Gasteiger partial charge in [0.2, 0.25) is 5.91 Å². The number of benzene rings is 1. The standard InChI is InChI=1S/C13H16F2N2O/c14-10-5-4-6-11(15)13(10)16-9-12(18)17-7-2-1-3-8-17/h4-6,16H,1-3,7-9H2. The molecule has 0 unspecified atom stereocenters. The highest BCUT2D eigenvalue weighted by Crippen LogP contribution is 2.18. The van der Waals surface area contributed by atoms with Crippen LogP contribution >= 0.6 is 0 Å². The summed E-state index contributed by atoms with van der Waals surface area (Å²) in [7, 11) is 0. The Balaban J connectivity index is 1.92. The molecular weight excluding hydrogens is 238 g/mol. The number of para-hydroxylation sites is 1. The number of amides is 1. The lowest BCUT2D eigenvalue weighted by Crippen LogP contribution is -2.39. The molecule has 1 aromatic carbocycles. The Kier molecular flexibility index (Phi) is 4.12. The number of piperidine rings is 1. The summed E-state index contributed by atoms with van der Waals surface area (Å²) in [6, 6.07) is 3.62. The number of nitrogens with zero attached hydrogens (tertiary/aromatic N) is 1. The molecule has 0 aromatic heterocycles. The summed E-state index contributed by atoms with van der Waals surface area (Å²) in [6.07, 6.45) is 3.14. The number of nitrogens with one attached hydrogen (secondary N) is 1. The van der Waals surface area contributed by atoms with Gasteiger partial charge in [0.1, 0.15) is 17.3 Å². The van der Waals surface area contributed by atoms with Crippen LogP contribution in [-0.4, -0.2) is 30.4 Å². The number of rotatable bonds is 3. The molecule has 1 aliphatic rings. The zero-order chi connectivity index (χ0) is 13.0. The van der Waals surface area contributed by atoms with Crippen molar-refractivity contribution >= 4 is 11.6 Å². The SMILES string of the molecule is O=C(CNc1c(F)cccc1F)N1CCCCC1. The van der Waals surface area contributed by atoms with Gasteiger partial charge in [0.15, 0.2) is 0 Å². The topological polar surface area (TPSA) is 32.3 Å². The smallest absolute Gasteiger partial charge is 0.241 e. The van der Waals surface area contributed by atoms with Crippen LogP contribution in [0.25, 0.3) is 0 Å². The number of halogens is 2. The van der Waals surface area contributed by atoms with Gasteiger partial charge in [-0.15, -0.1) is 0 Å². The third-order valence-corrected chi connectivity index (χ3v) is 3.09. The minimum atomic E-state index is -0.679. The summed E-state index contributed by atoms with van der Waals surface area (Å²) < 4.78 is 26.6. The highest BCUT2D eigenvalue weighted by molar-refractivity contribution is 5.81. The van der Waals surface area contributed by atoms with Gasteiger partial charge < -0.3 is 10.2 Å². The van der Waals surface area contributed by atoms with E-state index in [1.807, 2.05) is 0 Å². The van der Waals surface area contributed by atoms with Crippen molar-refractivity contribution in [3.63, 3.8) is 0 Å². The van der Waals surface area contributed by atoms with Gasteiger partial charge in [0, 0.05) is 13.1 Å². The second kappa shape index (κ2) is 5.80. The molecule has 0 spiro atoms. The molecular formula is C13H16F2N2O. The number of carbonyl (C=O) groups is 1. The normalized spacial score (nSPS) is 15.6. The third-order valence-electron chi connectivity index (χ3n) is 3.09. The van der Waals surface area contributed by atoms with E-state index in [9.17, 15) is 13.6 Å². The average Bonchev–Trinajstić information content (AvgIpc) is 2.39. The average molecular weight is 254 g/mol. The van der Waals surface area contributed by atoms with Crippen LogP contribution in [0.1, 0.15) is 19.3 Å². The van der Waals surface area contributed by atoms with Crippen LogP contribution in [-0.2, 0) is 4.79 Å². The van der Waals surface area contributed by atoms with Crippen LogP contribution in [0.2, 0.25) is 0 Å². The Morgan fingerprint density at radius 3 is 2.39 bits per heavy atom. The maximum Gasteiger partial charge on any atom is 0.241 e. The summed E-state index contributed by atoms with van der Waals surface area (Å²) in [5.41, 5.74) is -0.233. The zero-order valence-electron chi connectivity index (χ0n) is 10.1. The second-order valence-electron chi connectivity index (χ2n) is 4.39. The molecule has 1 aromatic rings. The molecule has 0 radical (unpaired) electrons. The molecule has 1 aliphatic heterocycles. The number of carbonyl (C=O) groups excluding carboxylic acids is 1. The Hall–Kier alpha value is -1.65. The van der Waals surface area contributed by atoms with Crippen molar-refractivity contribution in [2.75, 3.05) is 25.0 Å². The molecule has 0 atom stereocenters. The Morgan fingerprint density at radius 1 is 1.17 bits per heavy atom. The molecule has 1 amide bonds. The molecule has 18 heavy (non-hydrogen) atoms. The predicted octanol–water partition coefficient (Wildman–Crippen LogP) is 2.39. The number of anilines is 1. The van der Waals surface area contributed by atoms with E-state index in [4.69, 9.17) is 0 Å². The molecule has 5 heteroatoms. The van der Waals surface area contributed by atoms with Crippen molar-refractivity contribution in [1.29, 1.82) is 0 Å². The summed E-state index contributed by atoms with van der Waals surface area (Å²) in [5.74, 6) is -1.47. The van der Waals surface area contributed by atoms with E-state index in [0.29, 0.717) is 0 Å². The minimum absolute atomic E-state index is 0.0716. The summed E-state index contributed by atoms with van der Waals surface area (Å²) in [6.45, 7) is 1.40. The van der Waals surface area contributed by atoms with Crippen molar-refractivity contribution in [2.24, 2.45) is 0 Å². The Morgan fingerprint density at radius 2 is 1.78 bits per heavy atom. The van der Waals surface area contributed by atoms with E-state index >= 15 is 0 Å². The fourth-order valence-electron chi connectivity index (χ4n) is 2.09. The van der Waals surface area contributed by atoms with Crippen LogP contribution in [0.5, 0.6) is 0 Å². The van der Waals surface area contributed by atoms with Crippen molar-refractivity contribution in [3.8, 4) is 0 Å². The quantitative estimate of drug-likeness (QED) is 0.898. The van der Waals surface area contributed by atoms with E-state index in [1.165, 1.54) is 6.07 Å². The first-order valence-corrected chi connectivity index (χ1v) is 6.14.